The number of carbonyl (C=O) groups is 1. The van der Waals surface area contributed by atoms with E-state index in [1.54, 1.807) is 24.1 Å². The molecular formula is C25H32N4O4S2. The molecule has 2 heterocycles. The van der Waals surface area contributed by atoms with Crippen molar-refractivity contribution in [2.45, 2.75) is 31.1 Å². The fraction of sp³-hybridized carbons (Fsp3) is 0.440. The molecule has 1 aromatic heterocycles. The molecule has 1 saturated heterocycles. The van der Waals surface area contributed by atoms with Gasteiger partial charge in [-0.05, 0) is 82.7 Å². The summed E-state index contributed by atoms with van der Waals surface area (Å²) < 4.78 is 33.7. The Morgan fingerprint density at radius 2 is 1.77 bits per heavy atom. The fourth-order valence-electron chi connectivity index (χ4n) is 4.21. The van der Waals surface area contributed by atoms with E-state index in [-0.39, 0.29) is 10.8 Å². The van der Waals surface area contributed by atoms with Gasteiger partial charge in [-0.15, -0.1) is 0 Å². The lowest BCUT2D eigenvalue weighted by atomic mass is 10.2. The number of benzene rings is 2. The Hall–Kier alpha value is -2.53. The van der Waals surface area contributed by atoms with Crippen LogP contribution in [0.3, 0.4) is 0 Å². The van der Waals surface area contributed by atoms with E-state index < -0.39 is 10.0 Å². The Morgan fingerprint density at radius 3 is 2.40 bits per heavy atom. The van der Waals surface area contributed by atoms with E-state index in [2.05, 4.69) is 4.90 Å². The molecule has 0 radical (unpaired) electrons. The highest BCUT2D eigenvalue weighted by atomic mass is 32.2. The van der Waals surface area contributed by atoms with Gasteiger partial charge in [-0.2, -0.15) is 4.31 Å². The summed E-state index contributed by atoms with van der Waals surface area (Å²) in [4.78, 5) is 22.4. The zero-order chi connectivity index (χ0) is 25.2. The average Bonchev–Trinajstić information content (AvgIpc) is 3.53. The predicted molar refractivity (Wildman–Crippen MR) is 140 cm³/mol. The number of aromatic nitrogens is 1. The molecule has 4 rings (SSSR count). The van der Waals surface area contributed by atoms with Crippen LogP contribution in [-0.2, 0) is 10.0 Å². The summed E-state index contributed by atoms with van der Waals surface area (Å²) in [6, 6.07) is 10.1. The van der Waals surface area contributed by atoms with Gasteiger partial charge in [-0.25, -0.2) is 13.4 Å². The van der Waals surface area contributed by atoms with Gasteiger partial charge >= 0.3 is 0 Å². The van der Waals surface area contributed by atoms with Crippen LogP contribution in [0, 0.1) is 6.92 Å². The first-order chi connectivity index (χ1) is 16.7. The molecule has 35 heavy (non-hydrogen) atoms. The molecule has 10 heteroatoms. The lowest BCUT2D eigenvalue weighted by Gasteiger charge is -2.21. The second-order valence-corrected chi connectivity index (χ2v) is 11.9. The zero-order valence-electron chi connectivity index (χ0n) is 20.7. The maximum atomic E-state index is 13.6. The van der Waals surface area contributed by atoms with Gasteiger partial charge in [0.25, 0.3) is 5.91 Å². The van der Waals surface area contributed by atoms with Crippen molar-refractivity contribution >= 4 is 42.6 Å². The van der Waals surface area contributed by atoms with Crippen molar-refractivity contribution in [2.75, 3.05) is 52.3 Å². The van der Waals surface area contributed by atoms with Crippen LogP contribution in [0.4, 0.5) is 5.13 Å². The number of hydrogen-bond donors (Lipinski definition) is 0. The summed E-state index contributed by atoms with van der Waals surface area (Å²) in [5.74, 6) is 0.467. The number of aryl methyl sites for hydroxylation is 1. The van der Waals surface area contributed by atoms with Gasteiger partial charge in [-0.1, -0.05) is 17.4 Å². The van der Waals surface area contributed by atoms with Crippen molar-refractivity contribution in [3.8, 4) is 5.75 Å². The monoisotopic (exact) mass is 516 g/mol. The molecule has 0 unspecified atom stereocenters. The minimum absolute atomic E-state index is 0.204. The Labute approximate surface area is 211 Å². The minimum Gasteiger partial charge on any atom is -0.494 e. The maximum Gasteiger partial charge on any atom is 0.260 e. The Kier molecular flexibility index (Phi) is 7.75. The molecule has 1 aliphatic rings. The van der Waals surface area contributed by atoms with Gasteiger partial charge in [-0.3, -0.25) is 9.69 Å². The molecule has 0 bridgehead atoms. The third-order valence-corrected chi connectivity index (χ3v) is 9.31. The van der Waals surface area contributed by atoms with Crippen molar-refractivity contribution in [3.63, 3.8) is 0 Å². The molecule has 0 spiro atoms. The molecule has 3 aromatic rings. The summed E-state index contributed by atoms with van der Waals surface area (Å²) in [5.41, 5.74) is 2.24. The number of anilines is 1. The Balaban J connectivity index is 1.66. The van der Waals surface area contributed by atoms with E-state index >= 15 is 0 Å². The Bertz CT molecular complexity index is 1300. The number of amides is 1. The molecular weight excluding hydrogens is 484 g/mol. The van der Waals surface area contributed by atoms with Crippen molar-refractivity contribution < 1.29 is 17.9 Å². The molecule has 2 aromatic carbocycles. The molecule has 1 fully saturated rings. The van der Waals surface area contributed by atoms with Crippen LogP contribution in [0.5, 0.6) is 5.75 Å². The van der Waals surface area contributed by atoms with Gasteiger partial charge in [0.2, 0.25) is 10.0 Å². The highest BCUT2D eigenvalue weighted by molar-refractivity contribution is 7.89. The van der Waals surface area contributed by atoms with E-state index in [1.165, 1.54) is 27.8 Å². The smallest absolute Gasteiger partial charge is 0.260 e. The van der Waals surface area contributed by atoms with E-state index in [0.717, 1.165) is 41.6 Å². The number of sulfonamides is 1. The van der Waals surface area contributed by atoms with Gasteiger partial charge in [0.1, 0.15) is 11.3 Å². The summed E-state index contributed by atoms with van der Waals surface area (Å²) in [5, 5.41) is 0.602. The molecule has 1 aliphatic heterocycles. The lowest BCUT2D eigenvalue weighted by molar-refractivity contribution is 0.0986. The lowest BCUT2D eigenvalue weighted by Crippen LogP contribution is -2.33. The van der Waals surface area contributed by atoms with Crippen LogP contribution in [0.1, 0.15) is 35.2 Å². The summed E-state index contributed by atoms with van der Waals surface area (Å²) >= 11 is 1.47. The second kappa shape index (κ2) is 10.6. The third kappa shape index (κ3) is 5.35. The van der Waals surface area contributed by atoms with E-state index in [1.807, 2.05) is 33.2 Å². The van der Waals surface area contributed by atoms with Crippen molar-refractivity contribution in [1.82, 2.24) is 14.2 Å². The van der Waals surface area contributed by atoms with E-state index in [4.69, 9.17) is 9.72 Å². The number of methoxy groups -OCH3 is 1. The molecule has 8 nitrogen and oxygen atoms in total. The first-order valence-electron chi connectivity index (χ1n) is 11.7. The quantitative estimate of drug-likeness (QED) is 0.428. The number of thiazole rings is 1. The van der Waals surface area contributed by atoms with E-state index in [0.29, 0.717) is 36.1 Å². The van der Waals surface area contributed by atoms with Gasteiger partial charge in [0, 0.05) is 25.2 Å². The molecule has 0 saturated carbocycles. The van der Waals surface area contributed by atoms with Crippen LogP contribution < -0.4 is 9.64 Å². The standard InChI is InChI=1S/C25H32N4O4S2/c1-18-8-13-21(33-4)22-23(18)34-25(26-22)29(17-7-14-27(2)3)24(30)19-9-11-20(12-10-19)35(31,32)28-15-5-6-16-28/h8-13H,5-7,14-17H2,1-4H3. The third-order valence-electron chi connectivity index (χ3n) is 6.18. The van der Waals surface area contributed by atoms with E-state index in [9.17, 15) is 13.2 Å². The fourth-order valence-corrected chi connectivity index (χ4v) is 6.80. The van der Waals surface area contributed by atoms with Gasteiger partial charge in [0.05, 0.1) is 16.7 Å². The molecule has 188 valence electrons. The first-order valence-corrected chi connectivity index (χ1v) is 14.0. The van der Waals surface area contributed by atoms with Crippen LogP contribution in [0.2, 0.25) is 0 Å². The van der Waals surface area contributed by atoms with Gasteiger partial charge in [0.15, 0.2) is 5.13 Å². The van der Waals surface area contributed by atoms with Crippen LogP contribution in [-0.4, -0.2) is 75.9 Å². The average molecular weight is 517 g/mol. The highest BCUT2D eigenvalue weighted by Gasteiger charge is 2.28. The number of fused-ring (bicyclic) bond motifs is 1. The van der Waals surface area contributed by atoms with Crippen molar-refractivity contribution in [3.05, 3.63) is 47.5 Å². The summed E-state index contributed by atoms with van der Waals surface area (Å²) in [6.45, 7) is 4.42. The maximum absolute atomic E-state index is 13.6. The number of hydrogen-bond acceptors (Lipinski definition) is 7. The van der Waals surface area contributed by atoms with Crippen LogP contribution in [0.15, 0.2) is 41.3 Å². The number of nitrogens with zero attached hydrogens (tertiary/aromatic N) is 4. The second-order valence-electron chi connectivity index (χ2n) is 9.01. The van der Waals surface area contributed by atoms with Crippen molar-refractivity contribution in [1.29, 1.82) is 0 Å². The Morgan fingerprint density at radius 1 is 1.09 bits per heavy atom. The number of rotatable bonds is 9. The van der Waals surface area contributed by atoms with Crippen molar-refractivity contribution in [2.24, 2.45) is 0 Å². The largest absolute Gasteiger partial charge is 0.494 e. The van der Waals surface area contributed by atoms with Crippen LogP contribution in [0.25, 0.3) is 10.2 Å². The minimum atomic E-state index is -3.53. The number of carbonyl (C=O) groups excluding carboxylic acids is 1. The van der Waals surface area contributed by atoms with Gasteiger partial charge < -0.3 is 9.64 Å². The molecule has 1 amide bonds. The topological polar surface area (TPSA) is 83.0 Å². The SMILES string of the molecule is COc1ccc(C)c2sc(N(CCCN(C)C)C(=O)c3ccc(S(=O)(=O)N4CCCC4)cc3)nc12. The number of ether oxygens (including phenoxy) is 1. The summed E-state index contributed by atoms with van der Waals surface area (Å²) in [6.07, 6.45) is 2.53. The molecule has 0 aliphatic carbocycles. The summed E-state index contributed by atoms with van der Waals surface area (Å²) in [7, 11) is 2.08. The zero-order valence-corrected chi connectivity index (χ0v) is 22.3. The predicted octanol–water partition coefficient (Wildman–Crippen LogP) is 4.00. The first kappa shape index (κ1) is 25.6. The van der Waals surface area contributed by atoms with Crippen LogP contribution >= 0.6 is 11.3 Å². The molecule has 0 atom stereocenters. The normalized spacial score (nSPS) is 14.7. The highest BCUT2D eigenvalue weighted by Crippen LogP contribution is 2.37. The molecule has 0 N–H and O–H groups in total.